The molecule has 0 radical (unpaired) electrons. The van der Waals surface area contributed by atoms with Crippen LogP contribution in [0.3, 0.4) is 0 Å². The zero-order chi connectivity index (χ0) is 19.0. The number of nitrogens with zero attached hydrogens (tertiary/aromatic N) is 3. The summed E-state index contributed by atoms with van der Waals surface area (Å²) in [4.78, 5) is 48.3. The molecular formula is C15H16N4O6S. The zero-order valence-corrected chi connectivity index (χ0v) is 14.8. The summed E-state index contributed by atoms with van der Waals surface area (Å²) in [6.45, 7) is 1.03. The average molecular weight is 380 g/mol. The van der Waals surface area contributed by atoms with Gasteiger partial charge in [0.2, 0.25) is 0 Å². The number of carbonyl (C=O) groups is 4. The van der Waals surface area contributed by atoms with Crippen molar-refractivity contribution in [2.75, 3.05) is 12.4 Å². The number of carbonyl (C=O) groups excluding carboxylic acids is 3. The Morgan fingerprint density at radius 3 is 2.77 bits per heavy atom. The first-order valence-corrected chi connectivity index (χ1v) is 8.68. The first-order chi connectivity index (χ1) is 12.3. The molecule has 0 aliphatic carbocycles. The second-order valence-corrected chi connectivity index (χ2v) is 6.88. The van der Waals surface area contributed by atoms with Crippen molar-refractivity contribution in [3.05, 3.63) is 29.2 Å². The highest BCUT2D eigenvalue weighted by Crippen LogP contribution is 2.40. The lowest BCUT2D eigenvalue weighted by Crippen LogP contribution is -2.70. The number of aromatic nitrogens is 2. The standard InChI is InChI=1S/C15H16N4O6S/c1-7(20)25-5-8-6-26-14-10(13(22)19(14)11(8)15(23)24)16-12(21)9-3-4-18(2)17-9/h3-4,10,14H,5-6H2,1-2H3,(H,16,21)(H,23,24)/t10-,14-/m0/s1. The van der Waals surface area contributed by atoms with Gasteiger partial charge in [0, 0.05) is 31.5 Å². The molecule has 1 fully saturated rings. The van der Waals surface area contributed by atoms with Crippen LogP contribution >= 0.6 is 11.8 Å². The molecule has 11 heteroatoms. The van der Waals surface area contributed by atoms with Gasteiger partial charge in [0.1, 0.15) is 29.4 Å². The summed E-state index contributed by atoms with van der Waals surface area (Å²) in [6.07, 6.45) is 1.60. The van der Waals surface area contributed by atoms with Gasteiger partial charge in [-0.2, -0.15) is 5.10 Å². The predicted molar refractivity (Wildman–Crippen MR) is 88.8 cm³/mol. The van der Waals surface area contributed by atoms with Crippen molar-refractivity contribution in [1.29, 1.82) is 0 Å². The van der Waals surface area contributed by atoms with Gasteiger partial charge in [-0.05, 0) is 6.07 Å². The van der Waals surface area contributed by atoms with Gasteiger partial charge < -0.3 is 15.2 Å². The first-order valence-electron chi connectivity index (χ1n) is 7.63. The molecule has 2 N–H and O–H groups in total. The Hall–Kier alpha value is -2.82. The quantitative estimate of drug-likeness (QED) is 0.508. The van der Waals surface area contributed by atoms with Crippen molar-refractivity contribution in [1.82, 2.24) is 20.0 Å². The molecule has 2 aliphatic rings. The summed E-state index contributed by atoms with van der Waals surface area (Å²) in [5.41, 5.74) is 0.323. The number of aryl methyl sites for hydroxylation is 1. The summed E-state index contributed by atoms with van der Waals surface area (Å²) in [5, 5.41) is 15.5. The van der Waals surface area contributed by atoms with Crippen LogP contribution < -0.4 is 5.32 Å². The average Bonchev–Trinajstić information content (AvgIpc) is 3.02. The number of hydrogen-bond acceptors (Lipinski definition) is 7. The van der Waals surface area contributed by atoms with Crippen LogP contribution in [-0.2, 0) is 26.2 Å². The van der Waals surface area contributed by atoms with Crippen molar-refractivity contribution in [2.45, 2.75) is 18.3 Å². The Kier molecular flexibility index (Phi) is 4.72. The largest absolute Gasteiger partial charge is 0.477 e. The number of thioether (sulfide) groups is 1. The fourth-order valence-corrected chi connectivity index (χ4v) is 4.06. The van der Waals surface area contributed by atoms with Crippen molar-refractivity contribution < 1.29 is 29.0 Å². The number of rotatable bonds is 5. The van der Waals surface area contributed by atoms with Gasteiger partial charge in [-0.15, -0.1) is 11.8 Å². The molecule has 3 heterocycles. The third-order valence-corrected chi connectivity index (χ3v) is 5.27. The minimum absolute atomic E-state index is 0.170. The monoisotopic (exact) mass is 380 g/mol. The maximum Gasteiger partial charge on any atom is 0.352 e. The van der Waals surface area contributed by atoms with Gasteiger partial charge in [0.25, 0.3) is 11.8 Å². The number of carboxylic acid groups (broad SMARTS) is 1. The Bertz CT molecular complexity index is 832. The van der Waals surface area contributed by atoms with Crippen molar-refractivity contribution in [3.63, 3.8) is 0 Å². The Morgan fingerprint density at radius 1 is 1.46 bits per heavy atom. The fourth-order valence-electron chi connectivity index (χ4n) is 2.73. The maximum atomic E-state index is 12.4. The van der Waals surface area contributed by atoms with Gasteiger partial charge in [-0.1, -0.05) is 0 Å². The summed E-state index contributed by atoms with van der Waals surface area (Å²) in [5.74, 6) is -2.57. The molecule has 138 valence electrons. The molecule has 2 amide bonds. The molecule has 2 aliphatic heterocycles. The fraction of sp³-hybridized carbons (Fsp3) is 0.400. The smallest absolute Gasteiger partial charge is 0.352 e. The lowest BCUT2D eigenvalue weighted by molar-refractivity contribution is -0.149. The Morgan fingerprint density at radius 2 is 2.19 bits per heavy atom. The second kappa shape index (κ2) is 6.83. The van der Waals surface area contributed by atoms with Crippen molar-refractivity contribution >= 4 is 35.5 Å². The molecule has 10 nitrogen and oxygen atoms in total. The lowest BCUT2D eigenvalue weighted by atomic mass is 10.0. The van der Waals surface area contributed by atoms with E-state index in [2.05, 4.69) is 10.4 Å². The number of ether oxygens (including phenoxy) is 1. The highest BCUT2D eigenvalue weighted by Gasteiger charge is 2.54. The van der Waals surface area contributed by atoms with E-state index in [1.165, 1.54) is 29.4 Å². The maximum absolute atomic E-state index is 12.4. The molecule has 3 rings (SSSR count). The molecule has 0 unspecified atom stereocenters. The molecule has 0 bridgehead atoms. The highest BCUT2D eigenvalue weighted by atomic mass is 32.2. The molecule has 1 saturated heterocycles. The third kappa shape index (κ3) is 3.17. The molecule has 0 saturated carbocycles. The molecule has 0 spiro atoms. The van der Waals surface area contributed by atoms with E-state index in [1.807, 2.05) is 0 Å². The third-order valence-electron chi connectivity index (χ3n) is 3.93. The van der Waals surface area contributed by atoms with Crippen LogP contribution in [0.1, 0.15) is 17.4 Å². The topological polar surface area (TPSA) is 131 Å². The Labute approximate surface area is 152 Å². The first kappa shape index (κ1) is 18.0. The Balaban J connectivity index is 1.75. The van der Waals surface area contributed by atoms with E-state index in [0.717, 1.165) is 4.90 Å². The predicted octanol–water partition coefficient (Wildman–Crippen LogP) is -0.665. The van der Waals surface area contributed by atoms with Crippen LogP contribution in [0, 0.1) is 0 Å². The molecule has 1 aromatic heterocycles. The summed E-state index contributed by atoms with van der Waals surface area (Å²) in [7, 11) is 1.67. The minimum atomic E-state index is -1.28. The van der Waals surface area contributed by atoms with Crippen LogP contribution in [0.15, 0.2) is 23.5 Å². The van der Waals surface area contributed by atoms with E-state index < -0.39 is 35.2 Å². The van der Waals surface area contributed by atoms with E-state index in [-0.39, 0.29) is 23.8 Å². The number of carboxylic acids is 1. The SMILES string of the molecule is CC(=O)OCC1=C(C(=O)O)N2C(=O)[C@H](NC(=O)c3ccn(C)n3)[C@@H]2SC1. The second-order valence-electron chi connectivity index (χ2n) is 5.77. The highest BCUT2D eigenvalue weighted by molar-refractivity contribution is 8.00. The van der Waals surface area contributed by atoms with E-state index in [4.69, 9.17) is 4.74 Å². The number of β-lactam (4-membered cyclic amide) rings is 1. The number of amides is 2. The van der Waals surface area contributed by atoms with Gasteiger partial charge >= 0.3 is 11.9 Å². The van der Waals surface area contributed by atoms with Crippen LogP contribution in [-0.4, -0.2) is 67.3 Å². The minimum Gasteiger partial charge on any atom is -0.477 e. The van der Waals surface area contributed by atoms with E-state index >= 15 is 0 Å². The molecule has 2 atom stereocenters. The van der Waals surface area contributed by atoms with Crippen molar-refractivity contribution in [3.8, 4) is 0 Å². The number of fused-ring (bicyclic) bond motifs is 1. The van der Waals surface area contributed by atoms with Gasteiger partial charge in [0.15, 0.2) is 0 Å². The van der Waals surface area contributed by atoms with Crippen LogP contribution in [0.25, 0.3) is 0 Å². The summed E-state index contributed by atoms with van der Waals surface area (Å²) >= 11 is 1.30. The molecular weight excluding hydrogens is 364 g/mol. The van der Waals surface area contributed by atoms with Gasteiger partial charge in [-0.25, -0.2) is 4.79 Å². The normalized spacial score (nSPS) is 21.8. The van der Waals surface area contributed by atoms with Gasteiger partial charge in [-0.3, -0.25) is 24.0 Å². The van der Waals surface area contributed by atoms with E-state index in [1.54, 1.807) is 13.2 Å². The van der Waals surface area contributed by atoms with Crippen LogP contribution in [0.2, 0.25) is 0 Å². The van der Waals surface area contributed by atoms with E-state index in [9.17, 15) is 24.3 Å². The van der Waals surface area contributed by atoms with Crippen LogP contribution in [0.5, 0.6) is 0 Å². The number of esters is 1. The number of hydrogen-bond donors (Lipinski definition) is 2. The molecule has 0 aromatic carbocycles. The summed E-state index contributed by atoms with van der Waals surface area (Å²) < 4.78 is 6.33. The van der Waals surface area contributed by atoms with Gasteiger partial charge in [0.05, 0.1) is 0 Å². The van der Waals surface area contributed by atoms with Crippen molar-refractivity contribution in [2.24, 2.45) is 7.05 Å². The number of nitrogens with one attached hydrogen (secondary N) is 1. The summed E-state index contributed by atoms with van der Waals surface area (Å²) in [6, 6.07) is 0.684. The molecule has 1 aromatic rings. The number of aliphatic carboxylic acids is 1. The zero-order valence-electron chi connectivity index (χ0n) is 14.0. The van der Waals surface area contributed by atoms with Crippen LogP contribution in [0.4, 0.5) is 0 Å². The van der Waals surface area contributed by atoms with E-state index in [0.29, 0.717) is 5.57 Å². The lowest BCUT2D eigenvalue weighted by Gasteiger charge is -2.49. The molecule has 26 heavy (non-hydrogen) atoms.